The fourth-order valence-electron chi connectivity index (χ4n) is 3.00. The molecule has 3 aromatic heterocycles. The Bertz CT molecular complexity index is 1160. The molecule has 4 rings (SSSR count). The number of carbonyl (C=O) groups is 1. The van der Waals surface area contributed by atoms with Gasteiger partial charge in [-0.25, -0.2) is 4.98 Å². The van der Waals surface area contributed by atoms with Gasteiger partial charge in [0.2, 0.25) is 0 Å². The first-order valence-electron chi connectivity index (χ1n) is 8.27. The molecule has 0 saturated carbocycles. The van der Waals surface area contributed by atoms with Crippen LogP contribution in [-0.2, 0) is 0 Å². The van der Waals surface area contributed by atoms with Crippen molar-refractivity contribution in [2.24, 2.45) is 0 Å². The number of aryl methyl sites for hydroxylation is 2. The molecule has 0 bridgehead atoms. The van der Waals surface area contributed by atoms with Gasteiger partial charge in [-0.1, -0.05) is 28.5 Å². The lowest BCUT2D eigenvalue weighted by Crippen LogP contribution is -2.05. The normalized spacial score (nSPS) is 11.4. The Labute approximate surface area is 164 Å². The Morgan fingerprint density at radius 2 is 2.04 bits per heavy atom. The molecule has 4 aromatic rings. The maximum absolute atomic E-state index is 12.7. The third-order valence-electron chi connectivity index (χ3n) is 4.23. The van der Waals surface area contributed by atoms with Crippen LogP contribution in [0.15, 0.2) is 44.5 Å². The summed E-state index contributed by atoms with van der Waals surface area (Å²) in [6.07, 6.45) is 0. The fraction of sp³-hybridized carbons (Fsp3) is 0.211. The van der Waals surface area contributed by atoms with Gasteiger partial charge >= 0.3 is 0 Å². The second-order valence-electron chi connectivity index (χ2n) is 6.22. The molecular weight excluding hydrogens is 386 g/mol. The summed E-state index contributed by atoms with van der Waals surface area (Å²) in [7, 11) is 0. The minimum atomic E-state index is -0.000134. The van der Waals surface area contributed by atoms with Crippen molar-refractivity contribution in [2.75, 3.05) is 5.75 Å². The second-order valence-corrected chi connectivity index (χ2v) is 7.58. The maximum atomic E-state index is 12.7. The molecular formula is C19H16ClN3O3S. The van der Waals surface area contributed by atoms with Gasteiger partial charge in [0, 0.05) is 28.0 Å². The highest BCUT2D eigenvalue weighted by atomic mass is 35.5. The minimum absolute atomic E-state index is 0.000134. The molecule has 0 saturated heterocycles. The van der Waals surface area contributed by atoms with Crippen LogP contribution < -0.4 is 0 Å². The standard InChI is InChI=1S/C19H16ClN3O3S/c1-10-6-14(12(3)23(10)18-7-11(2)26-22-18)16(24)9-27-19-21-15-8-13(20)4-5-17(15)25-19/h4-8H,9H2,1-3H3. The number of oxazole rings is 1. The highest BCUT2D eigenvalue weighted by Gasteiger charge is 2.19. The topological polar surface area (TPSA) is 74.1 Å². The molecule has 0 spiro atoms. The third kappa shape index (κ3) is 3.40. The van der Waals surface area contributed by atoms with E-state index in [2.05, 4.69) is 10.1 Å². The predicted molar refractivity (Wildman–Crippen MR) is 104 cm³/mol. The summed E-state index contributed by atoms with van der Waals surface area (Å²) in [5, 5.41) is 5.08. The van der Waals surface area contributed by atoms with Crippen LogP contribution in [0.3, 0.4) is 0 Å². The van der Waals surface area contributed by atoms with Crippen molar-refractivity contribution in [3.8, 4) is 5.82 Å². The lowest BCUT2D eigenvalue weighted by atomic mass is 10.2. The first-order chi connectivity index (χ1) is 12.9. The van der Waals surface area contributed by atoms with E-state index in [1.807, 2.05) is 37.5 Å². The van der Waals surface area contributed by atoms with Gasteiger partial charge in [-0.05, 0) is 45.0 Å². The Morgan fingerprint density at radius 1 is 1.22 bits per heavy atom. The van der Waals surface area contributed by atoms with Gasteiger partial charge in [-0.3, -0.25) is 9.36 Å². The van der Waals surface area contributed by atoms with Crippen LogP contribution in [0.2, 0.25) is 5.02 Å². The number of carbonyl (C=O) groups excluding carboxylic acids is 1. The van der Waals surface area contributed by atoms with Crippen LogP contribution in [0.1, 0.15) is 27.5 Å². The summed E-state index contributed by atoms with van der Waals surface area (Å²) in [6, 6.07) is 8.96. The van der Waals surface area contributed by atoms with E-state index in [1.165, 1.54) is 11.8 Å². The Morgan fingerprint density at radius 3 is 2.78 bits per heavy atom. The zero-order valence-electron chi connectivity index (χ0n) is 14.9. The number of nitrogens with zero attached hydrogens (tertiary/aromatic N) is 3. The molecule has 0 atom stereocenters. The number of fused-ring (bicyclic) bond motifs is 1. The van der Waals surface area contributed by atoms with Crippen LogP contribution >= 0.6 is 23.4 Å². The maximum Gasteiger partial charge on any atom is 0.257 e. The van der Waals surface area contributed by atoms with Crippen molar-refractivity contribution in [2.45, 2.75) is 26.0 Å². The molecule has 0 N–H and O–H groups in total. The fourth-order valence-corrected chi connectivity index (χ4v) is 3.89. The average Bonchev–Trinajstić information content (AvgIpc) is 3.29. The number of rotatable bonds is 5. The van der Waals surface area contributed by atoms with Gasteiger partial charge in [-0.15, -0.1) is 0 Å². The summed E-state index contributed by atoms with van der Waals surface area (Å²) < 4.78 is 12.7. The van der Waals surface area contributed by atoms with E-state index in [0.717, 1.165) is 17.1 Å². The molecule has 1 aromatic carbocycles. The van der Waals surface area contributed by atoms with Gasteiger partial charge in [0.05, 0.1) is 5.75 Å². The number of hydrogen-bond acceptors (Lipinski definition) is 6. The molecule has 0 aliphatic heterocycles. The zero-order valence-corrected chi connectivity index (χ0v) is 16.5. The summed E-state index contributed by atoms with van der Waals surface area (Å²) in [4.78, 5) is 17.1. The summed E-state index contributed by atoms with van der Waals surface area (Å²) in [5.74, 6) is 1.62. The van der Waals surface area contributed by atoms with E-state index in [0.29, 0.717) is 32.7 Å². The lowest BCUT2D eigenvalue weighted by Gasteiger charge is -2.04. The Hall–Kier alpha value is -2.51. The second kappa shape index (κ2) is 6.90. The number of aromatic nitrogens is 3. The average molecular weight is 402 g/mol. The molecule has 27 heavy (non-hydrogen) atoms. The quantitative estimate of drug-likeness (QED) is 0.339. The lowest BCUT2D eigenvalue weighted by molar-refractivity contribution is 0.102. The first-order valence-corrected chi connectivity index (χ1v) is 9.63. The number of benzene rings is 1. The largest absolute Gasteiger partial charge is 0.431 e. The van der Waals surface area contributed by atoms with Crippen molar-refractivity contribution in [3.05, 3.63) is 58.1 Å². The smallest absolute Gasteiger partial charge is 0.257 e. The molecule has 3 heterocycles. The Balaban J connectivity index is 1.54. The van der Waals surface area contributed by atoms with Gasteiger partial charge in [0.15, 0.2) is 17.2 Å². The molecule has 8 heteroatoms. The van der Waals surface area contributed by atoms with E-state index < -0.39 is 0 Å². The summed E-state index contributed by atoms with van der Waals surface area (Å²) in [6.45, 7) is 5.67. The molecule has 0 fully saturated rings. The van der Waals surface area contributed by atoms with Crippen molar-refractivity contribution >= 4 is 40.2 Å². The predicted octanol–water partition coefficient (Wildman–Crippen LogP) is 5.16. The molecule has 138 valence electrons. The highest BCUT2D eigenvalue weighted by molar-refractivity contribution is 7.99. The Kier molecular flexibility index (Phi) is 4.57. The van der Waals surface area contributed by atoms with E-state index in [9.17, 15) is 4.79 Å². The van der Waals surface area contributed by atoms with E-state index in [-0.39, 0.29) is 11.5 Å². The number of Topliss-reactive ketones (excluding diaryl/α,β-unsaturated/α-hetero) is 1. The number of ketones is 1. The van der Waals surface area contributed by atoms with Crippen molar-refractivity contribution in [1.82, 2.24) is 14.7 Å². The third-order valence-corrected chi connectivity index (χ3v) is 5.30. The SMILES string of the molecule is Cc1cc(-n2c(C)cc(C(=O)CSc3nc4cc(Cl)ccc4o3)c2C)no1. The first kappa shape index (κ1) is 17.9. The number of hydrogen-bond donors (Lipinski definition) is 0. The molecule has 6 nitrogen and oxygen atoms in total. The number of thioether (sulfide) groups is 1. The van der Waals surface area contributed by atoms with Crippen molar-refractivity contribution in [1.29, 1.82) is 0 Å². The summed E-state index contributed by atoms with van der Waals surface area (Å²) in [5.41, 5.74) is 3.73. The van der Waals surface area contributed by atoms with Crippen LogP contribution in [0.25, 0.3) is 16.9 Å². The van der Waals surface area contributed by atoms with Crippen LogP contribution in [-0.4, -0.2) is 26.2 Å². The van der Waals surface area contributed by atoms with E-state index in [1.54, 1.807) is 18.2 Å². The zero-order chi connectivity index (χ0) is 19.1. The molecule has 0 amide bonds. The van der Waals surface area contributed by atoms with Crippen LogP contribution in [0, 0.1) is 20.8 Å². The van der Waals surface area contributed by atoms with Gasteiger partial charge in [0.25, 0.3) is 5.22 Å². The summed E-state index contributed by atoms with van der Waals surface area (Å²) >= 11 is 7.23. The number of halogens is 1. The van der Waals surface area contributed by atoms with E-state index >= 15 is 0 Å². The van der Waals surface area contributed by atoms with Crippen molar-refractivity contribution in [3.63, 3.8) is 0 Å². The monoisotopic (exact) mass is 401 g/mol. The molecule has 0 unspecified atom stereocenters. The minimum Gasteiger partial charge on any atom is -0.431 e. The van der Waals surface area contributed by atoms with Crippen LogP contribution in [0.5, 0.6) is 0 Å². The highest BCUT2D eigenvalue weighted by Crippen LogP contribution is 2.27. The van der Waals surface area contributed by atoms with Gasteiger partial charge < -0.3 is 8.94 Å². The van der Waals surface area contributed by atoms with E-state index in [4.69, 9.17) is 20.5 Å². The van der Waals surface area contributed by atoms with Crippen molar-refractivity contribution < 1.29 is 13.7 Å². The molecule has 0 aliphatic rings. The molecule has 0 radical (unpaired) electrons. The van der Waals surface area contributed by atoms with Gasteiger partial charge in [0.1, 0.15) is 11.3 Å². The molecule has 0 aliphatic carbocycles. The van der Waals surface area contributed by atoms with Gasteiger partial charge in [-0.2, -0.15) is 0 Å². The van der Waals surface area contributed by atoms with Crippen LogP contribution in [0.4, 0.5) is 0 Å².